The highest BCUT2D eigenvalue weighted by Gasteiger charge is 2.29. The summed E-state index contributed by atoms with van der Waals surface area (Å²) in [6, 6.07) is 9.49. The molecule has 0 bridgehead atoms. The number of thiazole rings is 1. The van der Waals surface area contributed by atoms with Gasteiger partial charge in [-0.25, -0.2) is 15.0 Å². The fourth-order valence-corrected chi connectivity index (χ4v) is 4.75. The van der Waals surface area contributed by atoms with Crippen molar-refractivity contribution in [2.24, 2.45) is 0 Å². The second-order valence-corrected chi connectivity index (χ2v) is 8.16. The second-order valence-electron chi connectivity index (χ2n) is 7.13. The molecule has 1 saturated heterocycles. The van der Waals surface area contributed by atoms with Crippen molar-refractivity contribution in [3.05, 3.63) is 53.3 Å². The molecule has 3 aromatic rings. The molecule has 0 amide bonds. The normalized spacial score (nSPS) is 16.4. The van der Waals surface area contributed by atoms with Crippen molar-refractivity contribution >= 4 is 11.3 Å². The number of rotatable bonds is 7. The van der Waals surface area contributed by atoms with E-state index in [1.807, 2.05) is 31.2 Å². The van der Waals surface area contributed by atoms with Crippen LogP contribution in [0, 0.1) is 0 Å². The quantitative estimate of drug-likeness (QED) is 0.617. The molecule has 30 heavy (non-hydrogen) atoms. The Hall–Kier alpha value is -2.55. The van der Waals surface area contributed by atoms with Crippen LogP contribution in [0.5, 0.6) is 11.5 Å². The van der Waals surface area contributed by atoms with Crippen LogP contribution in [0.15, 0.2) is 42.7 Å². The first-order chi connectivity index (χ1) is 14.7. The van der Waals surface area contributed by atoms with Crippen LogP contribution in [0.1, 0.15) is 36.6 Å². The smallest absolute Gasteiger partial charge is 0.188 e. The lowest BCUT2D eigenvalue weighted by atomic mass is 10.1. The lowest BCUT2D eigenvalue weighted by molar-refractivity contribution is -0.0288. The van der Waals surface area contributed by atoms with Gasteiger partial charge in [-0.2, -0.15) is 0 Å². The molecule has 4 rings (SSSR count). The highest BCUT2D eigenvalue weighted by Crippen LogP contribution is 2.35. The molecule has 0 saturated carbocycles. The van der Waals surface area contributed by atoms with Crippen molar-refractivity contribution in [1.29, 1.82) is 0 Å². The van der Waals surface area contributed by atoms with Crippen LogP contribution < -0.4 is 9.47 Å². The highest BCUT2D eigenvalue weighted by atomic mass is 32.1. The first-order valence-electron chi connectivity index (χ1n) is 10.2. The molecule has 0 aliphatic carbocycles. The van der Waals surface area contributed by atoms with E-state index in [-0.39, 0.29) is 6.10 Å². The molecule has 1 aromatic carbocycles. The van der Waals surface area contributed by atoms with Gasteiger partial charge in [0.25, 0.3) is 0 Å². The fourth-order valence-electron chi connectivity index (χ4n) is 3.62. The summed E-state index contributed by atoms with van der Waals surface area (Å²) >= 11 is 1.47. The molecule has 1 aliphatic heterocycles. The zero-order valence-electron chi connectivity index (χ0n) is 17.2. The van der Waals surface area contributed by atoms with Crippen molar-refractivity contribution in [2.45, 2.75) is 38.5 Å². The van der Waals surface area contributed by atoms with Gasteiger partial charge in [-0.15, -0.1) is 11.3 Å². The Bertz CT molecular complexity index is 958. The largest absolute Gasteiger partial charge is 0.493 e. The van der Waals surface area contributed by atoms with Crippen molar-refractivity contribution in [2.75, 3.05) is 20.2 Å². The van der Waals surface area contributed by atoms with Gasteiger partial charge in [-0.1, -0.05) is 19.1 Å². The third-order valence-corrected chi connectivity index (χ3v) is 6.37. The van der Waals surface area contributed by atoms with Crippen LogP contribution >= 0.6 is 11.3 Å². The van der Waals surface area contributed by atoms with Gasteiger partial charge in [-0.05, 0) is 37.5 Å². The minimum absolute atomic E-state index is 0.102. The van der Waals surface area contributed by atoms with Crippen LogP contribution in [0.25, 0.3) is 10.8 Å². The Morgan fingerprint density at radius 2 is 1.83 bits per heavy atom. The van der Waals surface area contributed by atoms with Crippen LogP contribution in [0.3, 0.4) is 0 Å². The van der Waals surface area contributed by atoms with E-state index in [0.717, 1.165) is 59.4 Å². The number of aliphatic hydroxyl groups is 1. The van der Waals surface area contributed by atoms with Gasteiger partial charge in [-0.3, -0.25) is 4.90 Å². The van der Waals surface area contributed by atoms with E-state index < -0.39 is 6.23 Å². The first-order valence-corrected chi connectivity index (χ1v) is 11.0. The van der Waals surface area contributed by atoms with Crippen LogP contribution in [0.4, 0.5) is 0 Å². The Labute approximate surface area is 180 Å². The van der Waals surface area contributed by atoms with Gasteiger partial charge in [0.05, 0.1) is 17.7 Å². The number of likely N-dealkylation sites (tertiary alicyclic amines) is 1. The summed E-state index contributed by atoms with van der Waals surface area (Å²) in [5.41, 5.74) is 0.905. The Balaban J connectivity index is 1.42. The van der Waals surface area contributed by atoms with Crippen molar-refractivity contribution in [3.63, 3.8) is 0 Å². The van der Waals surface area contributed by atoms with Gasteiger partial charge < -0.3 is 14.6 Å². The summed E-state index contributed by atoms with van der Waals surface area (Å²) < 4.78 is 11.5. The summed E-state index contributed by atoms with van der Waals surface area (Å²) in [5, 5.41) is 11.8. The number of para-hydroxylation sites is 2. The average Bonchev–Trinajstić information content (AvgIpc) is 3.25. The second kappa shape index (κ2) is 9.51. The number of nitrogens with zero attached hydrogens (tertiary/aromatic N) is 4. The molecule has 7 nitrogen and oxygen atoms in total. The van der Waals surface area contributed by atoms with Gasteiger partial charge in [0, 0.05) is 25.5 Å². The maximum Gasteiger partial charge on any atom is 0.188 e. The molecule has 1 atom stereocenters. The summed E-state index contributed by atoms with van der Waals surface area (Å²) in [7, 11) is 1.65. The molecule has 0 spiro atoms. The van der Waals surface area contributed by atoms with Gasteiger partial charge in [0.1, 0.15) is 12.3 Å². The number of aliphatic hydroxyl groups excluding tert-OH is 1. The number of ether oxygens (including phenoxy) is 2. The number of benzene rings is 1. The van der Waals surface area contributed by atoms with Crippen molar-refractivity contribution in [3.8, 4) is 22.3 Å². The molecule has 1 N–H and O–H groups in total. The van der Waals surface area contributed by atoms with Gasteiger partial charge in [0.15, 0.2) is 22.3 Å². The SMILES string of the molecule is CCc1nc(-c2ncccn2)sc1C(O)N1CCC(Oc2ccccc2OC)CC1. The number of hydrogen-bond acceptors (Lipinski definition) is 8. The molecule has 1 unspecified atom stereocenters. The standard InChI is InChI=1S/C22H26N4O3S/c1-3-16-19(30-21(25-16)20-23-11-6-12-24-20)22(27)26-13-9-15(10-14-26)29-18-8-5-4-7-17(18)28-2/h4-8,11-12,15,22,27H,3,9-10,13-14H2,1-2H3. The minimum Gasteiger partial charge on any atom is -0.493 e. The first kappa shape index (κ1) is 20.7. The summed E-state index contributed by atoms with van der Waals surface area (Å²) in [5.74, 6) is 2.11. The van der Waals surface area contributed by atoms with E-state index in [9.17, 15) is 5.11 Å². The zero-order valence-corrected chi connectivity index (χ0v) is 18.0. The van der Waals surface area contributed by atoms with Crippen LogP contribution in [0.2, 0.25) is 0 Å². The topological polar surface area (TPSA) is 80.6 Å². The lowest BCUT2D eigenvalue weighted by Gasteiger charge is -2.35. The molecule has 0 radical (unpaired) electrons. The Morgan fingerprint density at radius 3 is 2.50 bits per heavy atom. The third-order valence-electron chi connectivity index (χ3n) is 5.24. The molecule has 8 heteroatoms. The van der Waals surface area contributed by atoms with Crippen molar-refractivity contribution in [1.82, 2.24) is 19.9 Å². The molecular weight excluding hydrogens is 400 g/mol. The van der Waals surface area contributed by atoms with Crippen LogP contribution in [-0.4, -0.2) is 51.3 Å². The van der Waals surface area contributed by atoms with E-state index >= 15 is 0 Å². The molecule has 2 aromatic heterocycles. The van der Waals surface area contributed by atoms with Gasteiger partial charge >= 0.3 is 0 Å². The van der Waals surface area contributed by atoms with E-state index in [1.54, 1.807) is 25.6 Å². The number of aryl methyl sites for hydroxylation is 1. The number of methoxy groups -OCH3 is 1. The number of piperidine rings is 1. The Kier molecular flexibility index (Phi) is 6.56. The predicted molar refractivity (Wildman–Crippen MR) is 116 cm³/mol. The molecule has 158 valence electrons. The Morgan fingerprint density at radius 1 is 1.13 bits per heavy atom. The molecular formula is C22H26N4O3S. The summed E-state index contributed by atoms with van der Waals surface area (Å²) in [6.07, 6.45) is 5.26. The lowest BCUT2D eigenvalue weighted by Crippen LogP contribution is -2.40. The maximum absolute atomic E-state index is 11.1. The van der Waals surface area contributed by atoms with E-state index in [1.165, 1.54) is 11.3 Å². The molecule has 1 fully saturated rings. The molecule has 3 heterocycles. The molecule has 1 aliphatic rings. The average molecular weight is 427 g/mol. The third kappa shape index (κ3) is 4.45. The van der Waals surface area contributed by atoms with Gasteiger partial charge in [0.2, 0.25) is 0 Å². The number of hydrogen-bond donors (Lipinski definition) is 1. The monoisotopic (exact) mass is 426 g/mol. The minimum atomic E-state index is -0.679. The van der Waals surface area contributed by atoms with E-state index in [0.29, 0.717) is 5.82 Å². The van der Waals surface area contributed by atoms with Crippen LogP contribution in [-0.2, 0) is 6.42 Å². The maximum atomic E-state index is 11.1. The highest BCUT2D eigenvalue weighted by molar-refractivity contribution is 7.15. The summed E-state index contributed by atoms with van der Waals surface area (Å²) in [4.78, 5) is 16.2. The summed E-state index contributed by atoms with van der Waals surface area (Å²) in [6.45, 7) is 3.55. The van der Waals surface area contributed by atoms with E-state index in [4.69, 9.17) is 9.47 Å². The zero-order chi connectivity index (χ0) is 20.9. The van der Waals surface area contributed by atoms with Crippen molar-refractivity contribution < 1.29 is 14.6 Å². The number of aromatic nitrogens is 3. The fraction of sp³-hybridized carbons (Fsp3) is 0.409. The van der Waals surface area contributed by atoms with E-state index in [2.05, 4.69) is 19.9 Å². The predicted octanol–water partition coefficient (Wildman–Crippen LogP) is 3.71.